The molecule has 3 rings (SSSR count). The molecule has 46 heavy (non-hydrogen) atoms. The highest BCUT2D eigenvalue weighted by molar-refractivity contribution is 5.72. The summed E-state index contributed by atoms with van der Waals surface area (Å²) in [6, 6.07) is 23.5. The van der Waals surface area contributed by atoms with Crippen LogP contribution in [0, 0.1) is 0 Å². The smallest absolute Gasteiger partial charge is 0.161 e. The fourth-order valence-electron chi connectivity index (χ4n) is 6.12. The Hall–Kier alpha value is -2.94. The van der Waals surface area contributed by atoms with Gasteiger partial charge in [0.2, 0.25) is 0 Å². The Kier molecular flexibility index (Phi) is 19.8. The summed E-state index contributed by atoms with van der Waals surface area (Å²) in [7, 11) is 1.72. The highest BCUT2D eigenvalue weighted by Gasteiger charge is 2.08. The molecule has 3 aromatic carbocycles. The van der Waals surface area contributed by atoms with Crippen molar-refractivity contribution in [2.75, 3.05) is 20.3 Å². The molecule has 0 saturated heterocycles. The van der Waals surface area contributed by atoms with Crippen molar-refractivity contribution in [3.63, 3.8) is 0 Å². The van der Waals surface area contributed by atoms with Gasteiger partial charge in [-0.05, 0) is 59.4 Å². The molecular weight excluding hydrogens is 564 g/mol. The number of unbranched alkanes of at least 4 members (excludes halogenated alkanes) is 18. The summed E-state index contributed by atoms with van der Waals surface area (Å²) < 4.78 is 17.8. The molecule has 0 saturated carbocycles. The van der Waals surface area contributed by atoms with Gasteiger partial charge in [-0.1, -0.05) is 172 Å². The summed E-state index contributed by atoms with van der Waals surface area (Å²) in [4.78, 5) is 0. The molecule has 0 amide bonds. The van der Waals surface area contributed by atoms with Gasteiger partial charge in [0.15, 0.2) is 11.5 Å². The summed E-state index contributed by atoms with van der Waals surface area (Å²) in [5, 5.41) is 0. The fraction of sp³-hybridized carbons (Fsp3) is 0.581. The maximum atomic E-state index is 6.11. The van der Waals surface area contributed by atoms with Crippen LogP contribution in [0.2, 0.25) is 0 Å². The lowest BCUT2D eigenvalue weighted by Crippen LogP contribution is -1.99. The molecule has 3 heteroatoms. The van der Waals surface area contributed by atoms with Crippen LogP contribution in [0.1, 0.15) is 142 Å². The second kappa shape index (κ2) is 24.3. The second-order valence-corrected chi connectivity index (χ2v) is 13.0. The average molecular weight is 629 g/mol. The Morgan fingerprint density at radius 3 is 1.20 bits per heavy atom. The molecule has 0 aliphatic carbocycles. The quantitative estimate of drug-likeness (QED) is 0.0786. The summed E-state index contributed by atoms with van der Waals surface area (Å²) >= 11 is 0. The van der Waals surface area contributed by atoms with Gasteiger partial charge in [-0.25, -0.2) is 0 Å². The van der Waals surface area contributed by atoms with Crippen molar-refractivity contribution >= 4 is 0 Å². The van der Waals surface area contributed by atoms with E-state index in [1.807, 2.05) is 6.07 Å². The molecule has 0 N–H and O–H groups in total. The van der Waals surface area contributed by atoms with Gasteiger partial charge >= 0.3 is 0 Å². The van der Waals surface area contributed by atoms with Gasteiger partial charge in [0.1, 0.15) is 5.75 Å². The molecule has 0 aliphatic rings. The first-order valence-electron chi connectivity index (χ1n) is 18.9. The standard InChI is InChI=1S/C43H64O3/c1-4-6-8-10-12-14-16-18-20-22-34-45-41-31-28-38(29-32-41)37-24-26-39(27-25-37)40-30-33-42(43(36-40)44-3)46-35-23-21-19-17-15-13-11-9-7-5-2/h24-33,36H,4-23,34-35H2,1-3H3. The SMILES string of the molecule is CCCCCCCCCCCCOc1ccc(-c2ccc(-c3ccc(OCCCCCCCCCCCC)c(OC)c3)cc2)cc1. The van der Waals surface area contributed by atoms with Crippen molar-refractivity contribution in [1.29, 1.82) is 0 Å². The molecule has 0 aliphatic heterocycles. The molecule has 0 atom stereocenters. The number of rotatable bonds is 27. The van der Waals surface area contributed by atoms with Gasteiger partial charge in [-0.15, -0.1) is 0 Å². The third-order valence-corrected chi connectivity index (χ3v) is 9.09. The van der Waals surface area contributed by atoms with Crippen LogP contribution >= 0.6 is 0 Å². The normalized spacial score (nSPS) is 11.1. The molecule has 254 valence electrons. The third-order valence-electron chi connectivity index (χ3n) is 9.09. The number of hydrogen-bond acceptors (Lipinski definition) is 3. The lowest BCUT2D eigenvalue weighted by atomic mass is 10.00. The van der Waals surface area contributed by atoms with Crippen molar-refractivity contribution < 1.29 is 14.2 Å². The molecule has 0 unspecified atom stereocenters. The predicted molar refractivity (Wildman–Crippen MR) is 199 cm³/mol. The molecule has 0 radical (unpaired) electrons. The van der Waals surface area contributed by atoms with Gasteiger partial charge in [-0.2, -0.15) is 0 Å². The van der Waals surface area contributed by atoms with Crippen molar-refractivity contribution in [3.8, 4) is 39.5 Å². The van der Waals surface area contributed by atoms with Crippen LogP contribution in [0.5, 0.6) is 17.2 Å². The van der Waals surface area contributed by atoms with E-state index < -0.39 is 0 Å². The van der Waals surface area contributed by atoms with E-state index in [2.05, 4.69) is 74.5 Å². The van der Waals surface area contributed by atoms with Gasteiger partial charge in [0, 0.05) is 0 Å². The summed E-state index contributed by atoms with van der Waals surface area (Å²) in [5.41, 5.74) is 4.70. The fourth-order valence-corrected chi connectivity index (χ4v) is 6.12. The minimum atomic E-state index is 0.740. The Bertz CT molecular complexity index is 1150. The monoisotopic (exact) mass is 628 g/mol. The zero-order chi connectivity index (χ0) is 32.5. The molecule has 0 bridgehead atoms. The van der Waals surface area contributed by atoms with E-state index in [9.17, 15) is 0 Å². The first-order valence-corrected chi connectivity index (χ1v) is 18.9. The Balaban J connectivity index is 1.35. The predicted octanol–water partition coefficient (Wildman–Crippen LogP) is 13.6. The van der Waals surface area contributed by atoms with Gasteiger partial charge < -0.3 is 14.2 Å². The topological polar surface area (TPSA) is 27.7 Å². The summed E-state index contributed by atoms with van der Waals surface area (Å²) in [5.74, 6) is 2.58. The number of methoxy groups -OCH3 is 1. The van der Waals surface area contributed by atoms with E-state index in [0.717, 1.165) is 48.9 Å². The van der Waals surface area contributed by atoms with E-state index in [-0.39, 0.29) is 0 Å². The maximum absolute atomic E-state index is 6.11. The van der Waals surface area contributed by atoms with Gasteiger partial charge in [0.05, 0.1) is 20.3 Å². The molecule has 0 aromatic heterocycles. The maximum Gasteiger partial charge on any atom is 0.161 e. The Morgan fingerprint density at radius 1 is 0.370 bits per heavy atom. The average Bonchev–Trinajstić information content (AvgIpc) is 3.10. The molecular formula is C43H64O3. The van der Waals surface area contributed by atoms with E-state index in [4.69, 9.17) is 14.2 Å². The van der Waals surface area contributed by atoms with E-state index in [0.29, 0.717) is 0 Å². The molecule has 0 fully saturated rings. The minimum Gasteiger partial charge on any atom is -0.494 e. The largest absolute Gasteiger partial charge is 0.494 e. The van der Waals surface area contributed by atoms with Crippen molar-refractivity contribution in [3.05, 3.63) is 66.7 Å². The van der Waals surface area contributed by atoms with E-state index >= 15 is 0 Å². The van der Waals surface area contributed by atoms with Crippen molar-refractivity contribution in [2.45, 2.75) is 142 Å². The van der Waals surface area contributed by atoms with Crippen LogP contribution in [0.15, 0.2) is 66.7 Å². The lowest BCUT2D eigenvalue weighted by Gasteiger charge is -2.13. The first kappa shape index (κ1) is 37.5. The van der Waals surface area contributed by atoms with Crippen LogP contribution < -0.4 is 14.2 Å². The van der Waals surface area contributed by atoms with Crippen LogP contribution in [0.25, 0.3) is 22.3 Å². The summed E-state index contributed by atoms with van der Waals surface area (Å²) in [6.07, 6.45) is 26.7. The van der Waals surface area contributed by atoms with Gasteiger partial charge in [-0.3, -0.25) is 0 Å². The number of hydrogen-bond donors (Lipinski definition) is 0. The van der Waals surface area contributed by atoms with Crippen LogP contribution in [-0.4, -0.2) is 20.3 Å². The zero-order valence-electron chi connectivity index (χ0n) is 29.6. The number of benzene rings is 3. The number of ether oxygens (including phenoxy) is 3. The molecule has 3 nitrogen and oxygen atoms in total. The lowest BCUT2D eigenvalue weighted by molar-refractivity contribution is 0.284. The molecule has 0 heterocycles. The Labute approximate surface area is 282 Å². The van der Waals surface area contributed by atoms with Gasteiger partial charge in [0.25, 0.3) is 0 Å². The van der Waals surface area contributed by atoms with Crippen molar-refractivity contribution in [2.24, 2.45) is 0 Å². The van der Waals surface area contributed by atoms with Crippen LogP contribution in [-0.2, 0) is 0 Å². The van der Waals surface area contributed by atoms with Crippen LogP contribution in [0.4, 0.5) is 0 Å². The second-order valence-electron chi connectivity index (χ2n) is 13.0. The minimum absolute atomic E-state index is 0.740. The summed E-state index contributed by atoms with van der Waals surface area (Å²) in [6.45, 7) is 6.10. The van der Waals surface area contributed by atoms with Crippen LogP contribution in [0.3, 0.4) is 0 Å². The molecule has 0 spiro atoms. The first-order chi connectivity index (χ1) is 22.7. The highest BCUT2D eigenvalue weighted by atomic mass is 16.5. The third kappa shape index (κ3) is 15.1. The van der Waals surface area contributed by atoms with E-state index in [1.165, 1.54) is 132 Å². The molecule has 3 aromatic rings. The van der Waals surface area contributed by atoms with E-state index in [1.54, 1.807) is 7.11 Å². The zero-order valence-corrected chi connectivity index (χ0v) is 29.6. The van der Waals surface area contributed by atoms with Crippen molar-refractivity contribution in [1.82, 2.24) is 0 Å². The highest BCUT2D eigenvalue weighted by Crippen LogP contribution is 2.34. The Morgan fingerprint density at radius 2 is 0.739 bits per heavy atom.